The lowest BCUT2D eigenvalue weighted by Gasteiger charge is -2.09. The molecule has 0 spiro atoms. The summed E-state index contributed by atoms with van der Waals surface area (Å²) in [5.74, 6) is -0.452. The van der Waals surface area contributed by atoms with Crippen LogP contribution in [-0.4, -0.2) is 35.5 Å². The number of hydrogen-bond acceptors (Lipinski definition) is 6. The maximum atomic E-state index is 11.5. The molecule has 8 heteroatoms. The molecule has 0 saturated heterocycles. The first-order chi connectivity index (χ1) is 9.85. The van der Waals surface area contributed by atoms with Gasteiger partial charge in [0.2, 0.25) is 0 Å². The van der Waals surface area contributed by atoms with Crippen molar-refractivity contribution in [1.29, 1.82) is 0 Å². The van der Waals surface area contributed by atoms with Crippen LogP contribution in [0.25, 0.3) is 0 Å². The average molecular weight is 309 g/mol. The van der Waals surface area contributed by atoms with E-state index in [2.05, 4.69) is 10.3 Å². The third-order valence-corrected chi connectivity index (χ3v) is 3.19. The van der Waals surface area contributed by atoms with Crippen LogP contribution in [0.3, 0.4) is 0 Å². The van der Waals surface area contributed by atoms with Crippen LogP contribution in [0, 0.1) is 0 Å². The molecule has 1 aromatic heterocycles. The van der Waals surface area contributed by atoms with E-state index in [1.165, 1.54) is 17.8 Å². The first-order valence-corrected chi connectivity index (χ1v) is 7.99. The van der Waals surface area contributed by atoms with Crippen molar-refractivity contribution in [3.8, 4) is 0 Å². The molecule has 0 aliphatic rings. The zero-order chi connectivity index (χ0) is 15.5. The van der Waals surface area contributed by atoms with Crippen molar-refractivity contribution in [2.24, 2.45) is 0 Å². The predicted molar refractivity (Wildman–Crippen MR) is 74.9 cm³/mol. The highest BCUT2D eigenvalue weighted by atomic mass is 32.2. The van der Waals surface area contributed by atoms with Crippen LogP contribution >= 0.6 is 0 Å². The second kappa shape index (κ2) is 6.15. The van der Waals surface area contributed by atoms with Crippen molar-refractivity contribution in [3.63, 3.8) is 0 Å². The van der Waals surface area contributed by atoms with Crippen molar-refractivity contribution >= 4 is 15.9 Å². The highest BCUT2D eigenvalue weighted by molar-refractivity contribution is 7.86. The number of benzene rings is 1. The normalized spacial score (nSPS) is 13.0. The largest absolute Gasteiger partial charge is 0.297 e. The van der Waals surface area contributed by atoms with Crippen LogP contribution < -0.4 is 0 Å². The van der Waals surface area contributed by atoms with Crippen LogP contribution in [0.5, 0.6) is 0 Å². The van der Waals surface area contributed by atoms with Crippen molar-refractivity contribution in [3.05, 3.63) is 47.8 Å². The topological polar surface area (TPSA) is 91.2 Å². The maximum absolute atomic E-state index is 11.5. The quantitative estimate of drug-likeness (QED) is 0.737. The van der Waals surface area contributed by atoms with Gasteiger partial charge >= 0.3 is 0 Å². The van der Waals surface area contributed by atoms with Crippen LogP contribution in [0.4, 0.5) is 0 Å². The fourth-order valence-corrected chi connectivity index (χ4v) is 2.37. The van der Waals surface area contributed by atoms with Gasteiger partial charge < -0.3 is 0 Å². The monoisotopic (exact) mass is 309 g/mol. The van der Waals surface area contributed by atoms with Gasteiger partial charge in [0.25, 0.3) is 10.1 Å². The molecule has 2 rings (SSSR count). The first-order valence-electron chi connectivity index (χ1n) is 6.18. The number of carbonyl (C=O) groups excluding carboxylic acids is 1. The lowest BCUT2D eigenvalue weighted by Crippen LogP contribution is -2.17. The van der Waals surface area contributed by atoms with Gasteiger partial charge in [0.15, 0.2) is 11.9 Å². The summed E-state index contributed by atoms with van der Waals surface area (Å²) in [4.78, 5) is 11.5. The molecule has 0 aliphatic heterocycles. The molecule has 0 N–H and O–H groups in total. The Kier molecular flexibility index (Phi) is 4.49. The summed E-state index contributed by atoms with van der Waals surface area (Å²) >= 11 is 0. The predicted octanol–water partition coefficient (Wildman–Crippen LogP) is 0.933. The minimum atomic E-state index is -3.76. The lowest BCUT2D eigenvalue weighted by atomic mass is 10.2. The Labute approximate surface area is 122 Å². The van der Waals surface area contributed by atoms with Gasteiger partial charge in [-0.25, -0.2) is 4.68 Å². The van der Waals surface area contributed by atoms with E-state index in [9.17, 15) is 13.2 Å². The Bertz CT molecular complexity index is 725. The Balaban J connectivity index is 2.19. The molecule has 1 heterocycles. The molecule has 1 aromatic carbocycles. The van der Waals surface area contributed by atoms with E-state index in [1.807, 2.05) is 30.3 Å². The van der Waals surface area contributed by atoms with Gasteiger partial charge in [-0.2, -0.15) is 8.42 Å². The third kappa shape index (κ3) is 4.47. The standard InChI is InChI=1S/C13H15N3O4S/c1-10(17)13(20-21(2,18)19)12-9-16(15-14-12)8-11-6-4-3-5-7-11/h3-7,9,13H,8H2,1-2H3. The van der Waals surface area contributed by atoms with Crippen molar-refractivity contribution in [2.75, 3.05) is 6.26 Å². The molecule has 0 saturated carbocycles. The number of ketones is 1. The maximum Gasteiger partial charge on any atom is 0.265 e. The number of hydrogen-bond donors (Lipinski definition) is 0. The molecule has 0 aliphatic carbocycles. The van der Waals surface area contributed by atoms with Crippen LogP contribution in [0.2, 0.25) is 0 Å². The van der Waals surface area contributed by atoms with Gasteiger partial charge in [-0.1, -0.05) is 35.5 Å². The molecule has 0 radical (unpaired) electrons. The fraction of sp³-hybridized carbons (Fsp3) is 0.308. The summed E-state index contributed by atoms with van der Waals surface area (Å²) < 4.78 is 28.7. The van der Waals surface area contributed by atoms with E-state index in [1.54, 1.807) is 0 Å². The number of Topliss-reactive ketones (excluding diaryl/α,β-unsaturated/α-hetero) is 1. The average Bonchev–Trinajstić information content (AvgIpc) is 2.84. The van der Waals surface area contributed by atoms with E-state index in [0.29, 0.717) is 6.54 Å². The smallest absolute Gasteiger partial charge is 0.265 e. The van der Waals surface area contributed by atoms with Gasteiger partial charge in [-0.05, 0) is 12.5 Å². The minimum Gasteiger partial charge on any atom is -0.297 e. The lowest BCUT2D eigenvalue weighted by molar-refractivity contribution is -0.123. The van der Waals surface area contributed by atoms with Gasteiger partial charge in [0.05, 0.1) is 19.0 Å². The summed E-state index contributed by atoms with van der Waals surface area (Å²) in [6.45, 7) is 1.71. The van der Waals surface area contributed by atoms with E-state index in [-0.39, 0.29) is 5.69 Å². The molecule has 7 nitrogen and oxygen atoms in total. The molecule has 1 unspecified atom stereocenters. The Morgan fingerprint density at radius 1 is 1.33 bits per heavy atom. The van der Waals surface area contributed by atoms with Crippen LogP contribution in [0.15, 0.2) is 36.5 Å². The van der Waals surface area contributed by atoms with Crippen molar-refractivity contribution in [1.82, 2.24) is 15.0 Å². The molecular weight excluding hydrogens is 294 g/mol. The molecule has 0 bridgehead atoms. The van der Waals surface area contributed by atoms with Crippen LogP contribution in [-0.2, 0) is 25.6 Å². The molecule has 2 aromatic rings. The van der Waals surface area contributed by atoms with Gasteiger partial charge in [-0.15, -0.1) is 5.10 Å². The Morgan fingerprint density at radius 3 is 2.57 bits per heavy atom. The summed E-state index contributed by atoms with van der Waals surface area (Å²) in [6, 6.07) is 9.56. The highest BCUT2D eigenvalue weighted by Gasteiger charge is 2.25. The molecule has 0 fully saturated rings. The highest BCUT2D eigenvalue weighted by Crippen LogP contribution is 2.18. The SMILES string of the molecule is CC(=O)C(OS(C)(=O)=O)c1cn(Cc2ccccc2)nn1. The van der Waals surface area contributed by atoms with E-state index in [0.717, 1.165) is 11.8 Å². The Hall–Kier alpha value is -2.06. The first kappa shape index (κ1) is 15.3. The van der Waals surface area contributed by atoms with E-state index >= 15 is 0 Å². The fourth-order valence-electron chi connectivity index (χ4n) is 1.78. The number of rotatable bonds is 6. The zero-order valence-corrected chi connectivity index (χ0v) is 12.4. The molecule has 1 atom stereocenters. The Morgan fingerprint density at radius 2 is 2.00 bits per heavy atom. The van der Waals surface area contributed by atoms with E-state index < -0.39 is 22.0 Å². The molecule has 21 heavy (non-hydrogen) atoms. The summed E-state index contributed by atoms with van der Waals surface area (Å²) in [6.07, 6.45) is 1.13. The van der Waals surface area contributed by atoms with Crippen LogP contribution in [0.1, 0.15) is 24.3 Å². The van der Waals surface area contributed by atoms with Crippen molar-refractivity contribution in [2.45, 2.75) is 19.6 Å². The zero-order valence-electron chi connectivity index (χ0n) is 11.6. The minimum absolute atomic E-state index is 0.170. The van der Waals surface area contributed by atoms with Gasteiger partial charge in [0.1, 0.15) is 5.69 Å². The number of carbonyl (C=O) groups is 1. The van der Waals surface area contributed by atoms with Gasteiger partial charge in [0, 0.05) is 0 Å². The summed E-state index contributed by atoms with van der Waals surface area (Å²) in [7, 11) is -3.76. The second-order valence-electron chi connectivity index (χ2n) is 4.62. The summed E-state index contributed by atoms with van der Waals surface area (Å²) in [5.41, 5.74) is 1.18. The van der Waals surface area contributed by atoms with Crippen molar-refractivity contribution < 1.29 is 17.4 Å². The number of nitrogens with zero attached hydrogens (tertiary/aromatic N) is 3. The number of aromatic nitrogens is 3. The molecular formula is C13H15N3O4S. The third-order valence-electron chi connectivity index (χ3n) is 2.65. The second-order valence-corrected chi connectivity index (χ2v) is 6.22. The molecule has 112 valence electrons. The van der Waals surface area contributed by atoms with Gasteiger partial charge in [-0.3, -0.25) is 8.98 Å². The summed E-state index contributed by atoms with van der Waals surface area (Å²) in [5, 5.41) is 7.71. The van der Waals surface area contributed by atoms with E-state index in [4.69, 9.17) is 4.18 Å². The molecule has 0 amide bonds.